The van der Waals surface area contributed by atoms with Crippen LogP contribution in [0.25, 0.3) is 0 Å². The predicted molar refractivity (Wildman–Crippen MR) is 295 cm³/mol. The highest BCUT2D eigenvalue weighted by atomic mass is 32.2. The van der Waals surface area contributed by atoms with Crippen molar-refractivity contribution in [2.24, 2.45) is 0 Å². The van der Waals surface area contributed by atoms with Gasteiger partial charge in [0.2, 0.25) is 5.41 Å². The number of rotatable bonds is 45. The molecule has 0 spiro atoms. The van der Waals surface area contributed by atoms with Gasteiger partial charge in [0.25, 0.3) is 20.2 Å². The van der Waals surface area contributed by atoms with Crippen molar-refractivity contribution in [3.63, 3.8) is 0 Å². The second kappa shape index (κ2) is 44.2. The lowest BCUT2D eigenvalue weighted by atomic mass is 9.73. The van der Waals surface area contributed by atoms with Gasteiger partial charge in [0.05, 0.1) is 84.2 Å². The van der Waals surface area contributed by atoms with Gasteiger partial charge in [-0.1, -0.05) is 50.1 Å². The average Bonchev–Trinajstić information content (AvgIpc) is 1.77. The van der Waals surface area contributed by atoms with E-state index in [4.69, 9.17) is 66.1 Å². The Kier molecular flexibility index (Phi) is 42.5. The minimum absolute atomic E-state index is 0.0241. The maximum atomic E-state index is 14.2. The van der Waals surface area contributed by atoms with E-state index in [1.807, 2.05) is 34.6 Å². The van der Waals surface area contributed by atoms with Crippen LogP contribution in [-0.2, 0) is 86.4 Å². The fraction of sp³-hybridized carbons (Fsp3) is 0.745. The molecule has 480 valence electrons. The molecule has 0 radical (unpaired) electrons. The summed E-state index contributed by atoms with van der Waals surface area (Å²) in [5.41, 5.74) is -6.25. The van der Waals surface area contributed by atoms with Gasteiger partial charge in [-0.2, -0.15) is 43.2 Å². The van der Waals surface area contributed by atoms with Gasteiger partial charge in [0.15, 0.2) is 25.2 Å². The second-order valence-corrected chi connectivity index (χ2v) is 22.0. The van der Waals surface area contributed by atoms with Crippen LogP contribution in [0.1, 0.15) is 117 Å². The first-order chi connectivity index (χ1) is 38.6. The van der Waals surface area contributed by atoms with E-state index in [-0.39, 0.29) is 55.2 Å². The number of hydrogen-bond donors (Lipinski definition) is 0. The lowest BCUT2D eigenvalue weighted by Crippen LogP contribution is -2.54. The monoisotopic (exact) mass is 1230 g/mol. The highest BCUT2D eigenvalue weighted by Gasteiger charge is 2.72. The number of methoxy groups -OCH3 is 3. The lowest BCUT2D eigenvalue weighted by Gasteiger charge is -2.38. The first-order valence-corrected chi connectivity index (χ1v) is 30.2. The molecule has 0 aliphatic rings. The smallest absolute Gasteiger partial charge is 0.411 e. The van der Waals surface area contributed by atoms with Crippen LogP contribution in [0.15, 0.2) is 61.2 Å². The molecule has 2 rings (SSSR count). The Morgan fingerprint density at radius 1 is 0.488 bits per heavy atom. The first kappa shape index (κ1) is 78.7. The minimum atomic E-state index is -5.69. The Morgan fingerprint density at radius 3 is 1.43 bits per heavy atom. The Balaban J connectivity index is 0.00000125. The van der Waals surface area contributed by atoms with E-state index in [9.17, 15) is 43.2 Å². The number of benzene rings is 2. The fourth-order valence-electron chi connectivity index (χ4n) is 6.97. The summed E-state index contributed by atoms with van der Waals surface area (Å²) in [5.74, 6) is -0.184. The number of alkyl halides is 6. The topological polar surface area (TPSA) is 207 Å². The largest absolute Gasteiger partial charge is 0.497 e. The molecule has 0 heterocycles. The highest BCUT2D eigenvalue weighted by Crippen LogP contribution is 2.56. The number of hydrogen-bond acceptors (Lipinski definition) is 19. The van der Waals surface area contributed by atoms with Crippen LogP contribution in [0.3, 0.4) is 0 Å². The SMILES string of the molecule is C=CC(OC)OCCOC(C)Oc1ccc(C(c2ccc(OC)cc2)(C(F)(F)F)C(F)(F)F)cc1.COCCCCCCOOC(C)OCCCCOC(C)C.COS(=O)(=O)CCCCCS(=O)(=O)OC(C)OCCOCCOC(C)C. The van der Waals surface area contributed by atoms with E-state index in [1.54, 1.807) is 7.11 Å². The van der Waals surface area contributed by atoms with Crippen molar-refractivity contribution < 1.29 is 113 Å². The van der Waals surface area contributed by atoms with Gasteiger partial charge in [0, 0.05) is 34.0 Å². The Morgan fingerprint density at radius 2 is 0.927 bits per heavy atom. The number of ether oxygens (including phenoxy) is 11. The van der Waals surface area contributed by atoms with E-state index < -0.39 is 68.0 Å². The molecule has 0 aliphatic carbocycles. The van der Waals surface area contributed by atoms with Crippen LogP contribution < -0.4 is 9.47 Å². The average molecular weight is 1240 g/mol. The summed E-state index contributed by atoms with van der Waals surface area (Å²) in [5, 5.41) is 0. The van der Waals surface area contributed by atoms with Crippen molar-refractivity contribution in [2.45, 2.75) is 161 Å². The molecule has 0 fully saturated rings. The van der Waals surface area contributed by atoms with Crippen LogP contribution in [0.5, 0.6) is 11.5 Å². The third-order valence-corrected chi connectivity index (χ3v) is 13.7. The van der Waals surface area contributed by atoms with Gasteiger partial charge in [-0.15, -0.1) is 0 Å². The summed E-state index contributed by atoms with van der Waals surface area (Å²) >= 11 is 0. The molecule has 82 heavy (non-hydrogen) atoms. The fourth-order valence-corrected chi connectivity index (χ4v) is 8.81. The predicted octanol–water partition coefficient (Wildman–Crippen LogP) is 11.0. The maximum absolute atomic E-state index is 14.2. The third kappa shape index (κ3) is 35.9. The summed E-state index contributed by atoms with van der Waals surface area (Å²) in [6, 6.07) is 7.14. The molecule has 4 atom stereocenters. The van der Waals surface area contributed by atoms with E-state index in [0.717, 1.165) is 101 Å². The molecular weight excluding hydrogens is 1140 g/mol. The standard InChI is InChI=1S/C24H26F6O5.C16H34O5.C15H32O9S2/c1-5-21(32-4)34-15-14-33-16(2)35-20-12-8-18(9-13-20)22(23(25,26)27,24(28,29)30)17-6-10-19(31-3)11-7-17;1-15(2)18-12-9-10-13-19-16(3)21-20-14-8-6-5-7-11-17-4;1-14(2)22-10-8-21-9-11-23-15(3)24-26(18,19)13-7-5-6-12-25(16,17)20-4/h5-13,16,21H,1,14-15H2,2-4H3;15-16H,5-14H2,1-4H3;14-15H,5-13H2,1-4H3. The van der Waals surface area contributed by atoms with Gasteiger partial charge >= 0.3 is 12.4 Å². The van der Waals surface area contributed by atoms with E-state index in [2.05, 4.69) is 10.8 Å². The lowest BCUT2D eigenvalue weighted by molar-refractivity contribution is -0.373. The molecule has 19 nitrogen and oxygen atoms in total. The quantitative estimate of drug-likeness (QED) is 0.0115. The summed E-state index contributed by atoms with van der Waals surface area (Å²) in [4.78, 5) is 10.3. The molecule has 0 aliphatic heterocycles. The number of halogens is 6. The second-order valence-electron chi connectivity index (χ2n) is 18.5. The van der Waals surface area contributed by atoms with Gasteiger partial charge < -0.3 is 52.1 Å². The van der Waals surface area contributed by atoms with Gasteiger partial charge in [-0.25, -0.2) is 14.0 Å². The van der Waals surface area contributed by atoms with E-state index in [0.29, 0.717) is 58.4 Å². The Hall–Kier alpha value is -3.26. The van der Waals surface area contributed by atoms with Crippen molar-refractivity contribution in [3.05, 3.63) is 72.3 Å². The molecule has 27 heteroatoms. The van der Waals surface area contributed by atoms with Gasteiger partial charge in [0.1, 0.15) is 11.5 Å². The molecule has 2 aromatic rings. The maximum Gasteiger partial charge on any atom is 0.411 e. The summed E-state index contributed by atoms with van der Waals surface area (Å²) < 4.78 is 198. The zero-order valence-corrected chi connectivity index (χ0v) is 51.2. The van der Waals surface area contributed by atoms with Crippen molar-refractivity contribution in [2.75, 3.05) is 106 Å². The molecule has 0 saturated carbocycles. The third-order valence-electron chi connectivity index (χ3n) is 11.1. The zero-order chi connectivity index (χ0) is 62.1. The summed E-state index contributed by atoms with van der Waals surface area (Å²) in [6.45, 7) is 20.9. The van der Waals surface area contributed by atoms with E-state index >= 15 is 0 Å². The van der Waals surface area contributed by atoms with Crippen molar-refractivity contribution in [1.82, 2.24) is 0 Å². The van der Waals surface area contributed by atoms with E-state index in [1.165, 1.54) is 40.6 Å². The van der Waals surface area contributed by atoms with Crippen molar-refractivity contribution in [3.8, 4) is 11.5 Å². The summed E-state index contributed by atoms with van der Waals surface area (Å²) in [6.07, 6.45) is -4.73. The normalized spacial score (nSPS) is 13.9. The van der Waals surface area contributed by atoms with Crippen LogP contribution in [-0.4, -0.2) is 173 Å². The van der Waals surface area contributed by atoms with Gasteiger partial charge in [-0.05, 0) is 128 Å². The van der Waals surface area contributed by atoms with Crippen LogP contribution >= 0.6 is 0 Å². The Labute approximate surface area is 483 Å². The molecule has 0 amide bonds. The highest BCUT2D eigenvalue weighted by molar-refractivity contribution is 7.86. The van der Waals surface area contributed by atoms with Crippen LogP contribution in [0.2, 0.25) is 0 Å². The Bertz CT molecular complexity index is 2090. The molecule has 0 bridgehead atoms. The molecule has 0 N–H and O–H groups in total. The number of unbranched alkanes of at least 4 members (excludes halogenated alkanes) is 6. The molecule has 2 aromatic carbocycles. The molecule has 0 aromatic heterocycles. The van der Waals surface area contributed by atoms with Crippen LogP contribution in [0, 0.1) is 0 Å². The van der Waals surface area contributed by atoms with Gasteiger partial charge in [-0.3, -0.25) is 4.18 Å². The summed E-state index contributed by atoms with van der Waals surface area (Å²) in [7, 11) is -1.71. The minimum Gasteiger partial charge on any atom is -0.497 e. The first-order valence-electron chi connectivity index (χ1n) is 27.1. The molecular formula is C55H92F6O19S2. The van der Waals surface area contributed by atoms with Crippen molar-refractivity contribution >= 4 is 20.2 Å². The molecule has 4 unspecified atom stereocenters. The van der Waals surface area contributed by atoms with Crippen LogP contribution in [0.4, 0.5) is 26.3 Å². The molecule has 0 saturated heterocycles. The van der Waals surface area contributed by atoms with Crippen molar-refractivity contribution in [1.29, 1.82) is 0 Å². The zero-order valence-electron chi connectivity index (χ0n) is 49.6.